The van der Waals surface area contributed by atoms with E-state index < -0.39 is 0 Å². The lowest BCUT2D eigenvalue weighted by Crippen LogP contribution is -2.38. The van der Waals surface area contributed by atoms with Crippen LogP contribution in [0.15, 0.2) is 28.6 Å². The first-order chi connectivity index (χ1) is 11.5. The molecule has 0 aliphatic rings. The first-order valence-corrected chi connectivity index (χ1v) is 9.09. The van der Waals surface area contributed by atoms with Crippen molar-refractivity contribution in [3.63, 3.8) is 0 Å². The molecule has 2 aromatic rings. The maximum absolute atomic E-state index is 13.1. The monoisotopic (exact) mass is 496 g/mol. The molecule has 0 amide bonds. The molecule has 1 N–H and O–H groups in total. The van der Waals surface area contributed by atoms with Crippen molar-refractivity contribution >= 4 is 52.9 Å². The van der Waals surface area contributed by atoms with Crippen LogP contribution < -0.4 is 5.32 Å². The minimum absolute atomic E-state index is 0. The molecule has 0 fully saturated rings. The molecule has 25 heavy (non-hydrogen) atoms. The van der Waals surface area contributed by atoms with Gasteiger partial charge in [0.05, 0.1) is 17.2 Å². The van der Waals surface area contributed by atoms with Crippen molar-refractivity contribution in [1.29, 1.82) is 0 Å². The van der Waals surface area contributed by atoms with Gasteiger partial charge in [-0.3, -0.25) is 4.99 Å². The van der Waals surface area contributed by atoms with E-state index in [-0.39, 0.29) is 29.8 Å². The zero-order valence-corrected chi connectivity index (χ0v) is 18.5. The molecule has 0 bridgehead atoms. The van der Waals surface area contributed by atoms with E-state index in [0.717, 1.165) is 28.8 Å². The molecule has 0 unspecified atom stereocenters. The number of nitrogens with one attached hydrogen (secondary N) is 1. The van der Waals surface area contributed by atoms with E-state index in [0.29, 0.717) is 24.5 Å². The maximum atomic E-state index is 13.1. The SMILES string of the molecule is CCNC(=NCCc1ccc(F)cc1Cl)N(C)Cc1csc(C)n1.I. The topological polar surface area (TPSA) is 40.5 Å². The van der Waals surface area contributed by atoms with Gasteiger partial charge in [0.25, 0.3) is 0 Å². The molecule has 2 rings (SSSR count). The normalized spacial score (nSPS) is 11.2. The molecule has 0 radical (unpaired) electrons. The summed E-state index contributed by atoms with van der Waals surface area (Å²) in [7, 11) is 1.99. The standard InChI is InChI=1S/C17H22ClFN4S.HI/c1-4-20-17(23(3)10-15-11-24-12(2)22-15)21-8-7-13-5-6-14(19)9-16(13)18;/h5-6,9,11H,4,7-8,10H2,1-3H3,(H,20,21);1H. The summed E-state index contributed by atoms with van der Waals surface area (Å²) < 4.78 is 13.1. The van der Waals surface area contributed by atoms with Crippen molar-refractivity contribution < 1.29 is 4.39 Å². The van der Waals surface area contributed by atoms with Crippen molar-refractivity contribution in [2.75, 3.05) is 20.1 Å². The highest BCUT2D eigenvalue weighted by molar-refractivity contribution is 14.0. The van der Waals surface area contributed by atoms with Gasteiger partial charge in [0.1, 0.15) is 5.82 Å². The summed E-state index contributed by atoms with van der Waals surface area (Å²) in [4.78, 5) is 11.2. The Balaban J connectivity index is 0.00000312. The van der Waals surface area contributed by atoms with Crippen LogP contribution in [-0.4, -0.2) is 36.0 Å². The van der Waals surface area contributed by atoms with E-state index in [2.05, 4.69) is 20.7 Å². The van der Waals surface area contributed by atoms with Gasteiger partial charge in [-0.15, -0.1) is 35.3 Å². The van der Waals surface area contributed by atoms with E-state index >= 15 is 0 Å². The van der Waals surface area contributed by atoms with Crippen LogP contribution >= 0.6 is 46.9 Å². The van der Waals surface area contributed by atoms with Crippen LogP contribution in [-0.2, 0) is 13.0 Å². The second-order valence-corrected chi connectivity index (χ2v) is 6.90. The van der Waals surface area contributed by atoms with Crippen molar-refractivity contribution in [2.45, 2.75) is 26.8 Å². The van der Waals surface area contributed by atoms with Gasteiger partial charge in [-0.25, -0.2) is 9.37 Å². The first kappa shape index (κ1) is 22.1. The second-order valence-electron chi connectivity index (χ2n) is 5.44. The molecule has 0 saturated carbocycles. The van der Waals surface area contributed by atoms with Crippen LogP contribution in [0, 0.1) is 12.7 Å². The van der Waals surface area contributed by atoms with E-state index in [1.54, 1.807) is 17.4 Å². The number of thiazole rings is 1. The first-order valence-electron chi connectivity index (χ1n) is 7.84. The van der Waals surface area contributed by atoms with Crippen molar-refractivity contribution in [2.24, 2.45) is 4.99 Å². The Bertz CT molecular complexity index is 708. The number of hydrogen-bond donors (Lipinski definition) is 1. The molecule has 0 aliphatic carbocycles. The van der Waals surface area contributed by atoms with Crippen LogP contribution in [0.4, 0.5) is 4.39 Å². The van der Waals surface area contributed by atoms with Crippen molar-refractivity contribution in [1.82, 2.24) is 15.2 Å². The van der Waals surface area contributed by atoms with E-state index in [1.165, 1.54) is 12.1 Å². The Morgan fingerprint density at radius 3 is 2.80 bits per heavy atom. The lowest BCUT2D eigenvalue weighted by molar-refractivity contribution is 0.471. The van der Waals surface area contributed by atoms with Gasteiger partial charge in [-0.1, -0.05) is 17.7 Å². The molecule has 4 nitrogen and oxygen atoms in total. The highest BCUT2D eigenvalue weighted by Gasteiger charge is 2.09. The van der Waals surface area contributed by atoms with E-state index in [1.807, 2.05) is 25.8 Å². The van der Waals surface area contributed by atoms with Gasteiger partial charge in [0.2, 0.25) is 0 Å². The zero-order valence-electron chi connectivity index (χ0n) is 14.6. The Morgan fingerprint density at radius 2 is 2.20 bits per heavy atom. The van der Waals surface area contributed by atoms with Gasteiger partial charge < -0.3 is 10.2 Å². The molecule has 1 heterocycles. The number of nitrogens with zero attached hydrogens (tertiary/aromatic N) is 3. The fraction of sp³-hybridized carbons (Fsp3) is 0.412. The van der Waals surface area contributed by atoms with Crippen molar-refractivity contribution in [3.8, 4) is 0 Å². The summed E-state index contributed by atoms with van der Waals surface area (Å²) in [6.45, 7) is 6.10. The van der Waals surface area contributed by atoms with Crippen LogP contribution in [0.5, 0.6) is 0 Å². The summed E-state index contributed by atoms with van der Waals surface area (Å²) in [6, 6.07) is 4.47. The van der Waals surface area contributed by atoms with Crippen LogP contribution in [0.2, 0.25) is 5.02 Å². The van der Waals surface area contributed by atoms with Gasteiger partial charge >= 0.3 is 0 Å². The largest absolute Gasteiger partial charge is 0.357 e. The Kier molecular flexibility index (Phi) is 9.66. The molecule has 0 saturated heterocycles. The number of halogens is 3. The number of benzene rings is 1. The Hall–Kier alpha value is -0.930. The molecule has 0 aliphatic heterocycles. The van der Waals surface area contributed by atoms with Gasteiger partial charge in [-0.05, 0) is 38.0 Å². The minimum Gasteiger partial charge on any atom is -0.357 e. The molecule has 1 aromatic carbocycles. The van der Waals surface area contributed by atoms with Crippen molar-refractivity contribution in [3.05, 3.63) is 50.7 Å². The van der Waals surface area contributed by atoms with Gasteiger partial charge in [-0.2, -0.15) is 0 Å². The predicted octanol–water partition coefficient (Wildman–Crippen LogP) is 4.50. The minimum atomic E-state index is -0.320. The lowest BCUT2D eigenvalue weighted by atomic mass is 10.1. The number of aromatic nitrogens is 1. The average Bonchev–Trinajstić information content (AvgIpc) is 2.93. The lowest BCUT2D eigenvalue weighted by Gasteiger charge is -2.21. The molecular weight excluding hydrogens is 474 g/mol. The Labute approximate surface area is 174 Å². The fourth-order valence-corrected chi connectivity index (χ4v) is 3.14. The molecule has 8 heteroatoms. The van der Waals surface area contributed by atoms with Crippen LogP contribution in [0.25, 0.3) is 0 Å². The van der Waals surface area contributed by atoms with Crippen LogP contribution in [0.1, 0.15) is 23.2 Å². The number of hydrogen-bond acceptors (Lipinski definition) is 3. The summed E-state index contributed by atoms with van der Waals surface area (Å²) in [6.07, 6.45) is 0.664. The average molecular weight is 497 g/mol. The highest BCUT2D eigenvalue weighted by atomic mass is 127. The third kappa shape index (κ3) is 7.07. The summed E-state index contributed by atoms with van der Waals surface area (Å²) in [5.74, 6) is 0.500. The molecule has 0 atom stereocenters. The van der Waals surface area contributed by atoms with E-state index in [4.69, 9.17) is 11.6 Å². The third-order valence-corrected chi connectivity index (χ3v) is 4.59. The van der Waals surface area contributed by atoms with Gasteiger partial charge in [0.15, 0.2) is 5.96 Å². The van der Waals surface area contributed by atoms with Crippen LogP contribution in [0.3, 0.4) is 0 Å². The second kappa shape index (κ2) is 10.9. The number of aliphatic imine (C=N–C) groups is 1. The number of rotatable bonds is 6. The molecular formula is C17H23ClFIN4S. The number of aryl methyl sites for hydroxylation is 1. The number of guanidine groups is 1. The zero-order chi connectivity index (χ0) is 17.5. The van der Waals surface area contributed by atoms with E-state index in [9.17, 15) is 4.39 Å². The maximum Gasteiger partial charge on any atom is 0.194 e. The molecule has 138 valence electrons. The fourth-order valence-electron chi connectivity index (χ4n) is 2.28. The third-order valence-electron chi connectivity index (χ3n) is 3.42. The summed E-state index contributed by atoms with van der Waals surface area (Å²) >= 11 is 7.70. The Morgan fingerprint density at radius 1 is 1.44 bits per heavy atom. The molecule has 1 aromatic heterocycles. The molecule has 0 spiro atoms. The smallest absolute Gasteiger partial charge is 0.194 e. The summed E-state index contributed by atoms with van der Waals surface area (Å²) in [5.41, 5.74) is 1.93. The predicted molar refractivity (Wildman–Crippen MR) is 115 cm³/mol. The van der Waals surface area contributed by atoms with Gasteiger partial charge in [0, 0.05) is 30.5 Å². The highest BCUT2D eigenvalue weighted by Crippen LogP contribution is 2.17. The summed E-state index contributed by atoms with van der Waals surface area (Å²) in [5, 5.41) is 6.85. The quantitative estimate of drug-likeness (QED) is 0.364.